The number of halogens is 1. The molecule has 0 fully saturated rings. The van der Waals surface area contributed by atoms with Crippen molar-refractivity contribution in [2.45, 2.75) is 12.3 Å². The lowest BCUT2D eigenvalue weighted by atomic mass is 9.94. The van der Waals surface area contributed by atoms with Crippen LogP contribution < -0.4 is 0 Å². The molecule has 0 aromatic heterocycles. The molecule has 0 unspecified atom stereocenters. The van der Waals surface area contributed by atoms with Gasteiger partial charge < -0.3 is 14.2 Å². The zero-order valence-corrected chi connectivity index (χ0v) is 16.6. The minimum atomic E-state index is 0.440. The van der Waals surface area contributed by atoms with Gasteiger partial charge in [-0.2, -0.15) is 0 Å². The number of alkyl halides is 1. The molecule has 134 valence electrons. The Hall–Kier alpha value is -0.950. The Bertz CT molecular complexity index is 614. The highest BCUT2D eigenvalue weighted by Crippen LogP contribution is 2.45. The lowest BCUT2D eigenvalue weighted by molar-refractivity contribution is 0.0168. The fraction of sp³-hybridized carbons (Fsp3) is 0.429. The maximum absolute atomic E-state index is 5.79. The van der Waals surface area contributed by atoms with Gasteiger partial charge >= 0.3 is 0 Å². The van der Waals surface area contributed by atoms with E-state index in [2.05, 4.69) is 71.1 Å². The number of hydrogen-bond acceptors (Lipinski definition) is 3. The van der Waals surface area contributed by atoms with Crippen molar-refractivity contribution in [1.82, 2.24) is 0 Å². The third-order valence-electron chi connectivity index (χ3n) is 4.48. The Labute approximate surface area is 163 Å². The molecule has 1 aliphatic rings. The van der Waals surface area contributed by atoms with Crippen molar-refractivity contribution in [3.05, 3.63) is 59.7 Å². The van der Waals surface area contributed by atoms with Crippen molar-refractivity contribution in [3.63, 3.8) is 0 Å². The summed E-state index contributed by atoms with van der Waals surface area (Å²) in [5.74, 6) is 0.440. The molecular weight excluding hydrogens is 427 g/mol. The van der Waals surface area contributed by atoms with Gasteiger partial charge in [-0.1, -0.05) is 71.1 Å². The third kappa shape index (κ3) is 5.03. The summed E-state index contributed by atoms with van der Waals surface area (Å²) in [5, 5.41) is 0. The Morgan fingerprint density at radius 1 is 0.640 bits per heavy atom. The predicted octanol–water partition coefficient (Wildman–Crippen LogP) is 4.67. The Kier molecular flexibility index (Phi) is 7.73. The molecule has 3 nitrogen and oxygen atoms in total. The Morgan fingerprint density at radius 2 is 1.12 bits per heavy atom. The first-order valence-corrected chi connectivity index (χ1v) is 10.4. The smallest absolute Gasteiger partial charge is 0.0701 e. The van der Waals surface area contributed by atoms with Crippen molar-refractivity contribution in [1.29, 1.82) is 0 Å². The molecule has 25 heavy (non-hydrogen) atoms. The van der Waals surface area contributed by atoms with Crippen LogP contribution in [-0.4, -0.2) is 44.1 Å². The normalized spacial score (nSPS) is 13.0. The highest BCUT2D eigenvalue weighted by atomic mass is 127. The summed E-state index contributed by atoms with van der Waals surface area (Å²) in [5.41, 5.74) is 5.60. The topological polar surface area (TPSA) is 27.7 Å². The molecule has 3 rings (SSSR count). The quantitative estimate of drug-likeness (QED) is 0.282. The maximum Gasteiger partial charge on any atom is 0.0701 e. The first kappa shape index (κ1) is 18.8. The predicted molar refractivity (Wildman–Crippen MR) is 110 cm³/mol. The molecule has 0 radical (unpaired) electrons. The van der Waals surface area contributed by atoms with Gasteiger partial charge in [0.05, 0.1) is 33.0 Å². The summed E-state index contributed by atoms with van der Waals surface area (Å²) < 4.78 is 17.7. The number of hydrogen-bond donors (Lipinski definition) is 0. The molecule has 0 saturated carbocycles. The molecule has 4 heteroatoms. The molecule has 0 heterocycles. The van der Waals surface area contributed by atoms with Gasteiger partial charge in [-0.3, -0.25) is 0 Å². The van der Waals surface area contributed by atoms with Crippen LogP contribution >= 0.6 is 22.6 Å². The van der Waals surface area contributed by atoms with Gasteiger partial charge in [0.25, 0.3) is 0 Å². The molecule has 0 N–H and O–H groups in total. The SMILES string of the molecule is ICCOCCOCCOCCC1c2ccccc2-c2ccccc21. The van der Waals surface area contributed by atoms with E-state index in [-0.39, 0.29) is 0 Å². The van der Waals surface area contributed by atoms with Gasteiger partial charge in [-0.05, 0) is 28.7 Å². The van der Waals surface area contributed by atoms with Crippen LogP contribution in [0.3, 0.4) is 0 Å². The van der Waals surface area contributed by atoms with Crippen LogP contribution in [0.5, 0.6) is 0 Å². The van der Waals surface area contributed by atoms with E-state index in [1.807, 2.05) is 0 Å². The summed E-state index contributed by atoms with van der Waals surface area (Å²) in [6.07, 6.45) is 1.01. The van der Waals surface area contributed by atoms with Gasteiger partial charge in [-0.15, -0.1) is 0 Å². The van der Waals surface area contributed by atoms with Crippen LogP contribution in [0, 0.1) is 0 Å². The van der Waals surface area contributed by atoms with Crippen LogP contribution in [0.25, 0.3) is 11.1 Å². The van der Waals surface area contributed by atoms with Crippen LogP contribution in [-0.2, 0) is 14.2 Å². The molecule has 0 atom stereocenters. The average molecular weight is 452 g/mol. The van der Waals surface area contributed by atoms with Crippen molar-refractivity contribution in [2.24, 2.45) is 0 Å². The second-order valence-corrected chi connectivity index (χ2v) is 7.12. The van der Waals surface area contributed by atoms with Crippen LogP contribution in [0.15, 0.2) is 48.5 Å². The molecule has 0 bridgehead atoms. The van der Waals surface area contributed by atoms with Gasteiger partial charge in [-0.25, -0.2) is 0 Å². The number of fused-ring (bicyclic) bond motifs is 3. The van der Waals surface area contributed by atoms with Gasteiger partial charge in [0.15, 0.2) is 0 Å². The number of benzene rings is 2. The van der Waals surface area contributed by atoms with E-state index in [4.69, 9.17) is 14.2 Å². The van der Waals surface area contributed by atoms with E-state index >= 15 is 0 Å². The van der Waals surface area contributed by atoms with Crippen molar-refractivity contribution >= 4 is 22.6 Å². The molecule has 0 aliphatic heterocycles. The average Bonchev–Trinajstić information content (AvgIpc) is 2.97. The van der Waals surface area contributed by atoms with E-state index in [0.29, 0.717) is 32.3 Å². The first-order valence-electron chi connectivity index (χ1n) is 8.89. The van der Waals surface area contributed by atoms with Gasteiger partial charge in [0, 0.05) is 17.0 Å². The maximum atomic E-state index is 5.79. The summed E-state index contributed by atoms with van der Waals surface area (Å²) in [4.78, 5) is 0. The summed E-state index contributed by atoms with van der Waals surface area (Å²) in [6, 6.07) is 17.5. The summed E-state index contributed by atoms with van der Waals surface area (Å²) >= 11 is 2.30. The van der Waals surface area contributed by atoms with E-state index in [0.717, 1.165) is 24.1 Å². The van der Waals surface area contributed by atoms with Gasteiger partial charge in [0.1, 0.15) is 0 Å². The summed E-state index contributed by atoms with van der Waals surface area (Å²) in [7, 11) is 0. The zero-order chi connectivity index (χ0) is 17.3. The standard InChI is InChI=1S/C21H25IO3/c22-10-12-24-14-16-25-15-13-23-11-9-21-19-7-3-1-5-17(19)18-6-2-4-8-20(18)21/h1-8,21H,9-16H2. The molecular formula is C21H25IO3. The second kappa shape index (κ2) is 10.3. The molecule has 2 aromatic carbocycles. The molecule has 0 spiro atoms. The number of ether oxygens (including phenoxy) is 3. The zero-order valence-electron chi connectivity index (χ0n) is 14.5. The minimum absolute atomic E-state index is 0.440. The Morgan fingerprint density at radius 3 is 1.68 bits per heavy atom. The van der Waals surface area contributed by atoms with Crippen molar-refractivity contribution < 1.29 is 14.2 Å². The van der Waals surface area contributed by atoms with E-state index in [1.54, 1.807) is 0 Å². The van der Waals surface area contributed by atoms with E-state index < -0.39 is 0 Å². The highest BCUT2D eigenvalue weighted by molar-refractivity contribution is 14.1. The largest absolute Gasteiger partial charge is 0.379 e. The lowest BCUT2D eigenvalue weighted by Gasteiger charge is -2.14. The van der Waals surface area contributed by atoms with Crippen LogP contribution in [0.1, 0.15) is 23.5 Å². The lowest BCUT2D eigenvalue weighted by Crippen LogP contribution is -2.11. The van der Waals surface area contributed by atoms with Crippen LogP contribution in [0.4, 0.5) is 0 Å². The van der Waals surface area contributed by atoms with E-state index in [1.165, 1.54) is 22.3 Å². The molecule has 0 saturated heterocycles. The molecule has 0 amide bonds. The molecule has 2 aromatic rings. The number of rotatable bonds is 11. The van der Waals surface area contributed by atoms with Crippen molar-refractivity contribution in [3.8, 4) is 11.1 Å². The second-order valence-electron chi connectivity index (χ2n) is 6.04. The van der Waals surface area contributed by atoms with E-state index in [9.17, 15) is 0 Å². The fourth-order valence-corrected chi connectivity index (χ4v) is 3.68. The minimum Gasteiger partial charge on any atom is -0.379 e. The third-order valence-corrected chi connectivity index (χ3v) is 4.92. The molecule has 1 aliphatic carbocycles. The van der Waals surface area contributed by atoms with Crippen LogP contribution in [0.2, 0.25) is 0 Å². The monoisotopic (exact) mass is 452 g/mol. The van der Waals surface area contributed by atoms with Gasteiger partial charge in [0.2, 0.25) is 0 Å². The highest BCUT2D eigenvalue weighted by Gasteiger charge is 2.27. The first-order chi connectivity index (χ1) is 12.4. The fourth-order valence-electron chi connectivity index (χ4n) is 3.37. The Balaban J connectivity index is 1.40. The van der Waals surface area contributed by atoms with Crippen molar-refractivity contribution in [2.75, 3.05) is 44.1 Å². The summed E-state index contributed by atoms with van der Waals surface area (Å²) in [6.45, 7) is 4.13.